The van der Waals surface area contributed by atoms with Crippen LogP contribution in [0.1, 0.15) is 23.9 Å². The Labute approximate surface area is 91.2 Å². The number of H-pyrrole nitrogens is 1. The molecule has 0 amide bonds. The third kappa shape index (κ3) is 1.70. The highest BCUT2D eigenvalue weighted by Gasteiger charge is 2.11. The first-order chi connectivity index (χ1) is 7.24. The molecule has 0 aliphatic rings. The van der Waals surface area contributed by atoms with Gasteiger partial charge in [-0.1, -0.05) is 37.3 Å². The lowest BCUT2D eigenvalue weighted by Gasteiger charge is -2.04. The van der Waals surface area contributed by atoms with Crippen LogP contribution < -0.4 is 0 Å². The Kier molecular flexibility index (Phi) is 2.63. The molecule has 0 aliphatic carbocycles. The smallest absolute Gasteiger partial charge is 0.0200 e. The van der Waals surface area contributed by atoms with Crippen molar-refractivity contribution in [3.05, 3.63) is 47.3 Å². The quantitative estimate of drug-likeness (QED) is 0.756. The van der Waals surface area contributed by atoms with Gasteiger partial charge in [0.25, 0.3) is 0 Å². The van der Waals surface area contributed by atoms with E-state index in [1.807, 2.05) is 0 Å². The minimum Gasteiger partial charge on any atom is -0.362 e. The molecule has 78 valence electrons. The van der Waals surface area contributed by atoms with Crippen LogP contribution in [0.3, 0.4) is 0 Å². The fraction of sp³-hybridized carbons (Fsp3) is 0.286. The molecule has 0 saturated carbocycles. The third-order valence-electron chi connectivity index (χ3n) is 2.92. The summed E-state index contributed by atoms with van der Waals surface area (Å²) in [6.45, 7) is 6.51. The molecule has 2 rings (SSSR count). The highest BCUT2D eigenvalue weighted by atomic mass is 14.7. The summed E-state index contributed by atoms with van der Waals surface area (Å²) in [7, 11) is 0. The molecule has 0 fully saturated rings. The van der Waals surface area contributed by atoms with Crippen molar-refractivity contribution >= 4 is 0 Å². The zero-order valence-corrected chi connectivity index (χ0v) is 9.59. The van der Waals surface area contributed by atoms with E-state index in [1.54, 1.807) is 0 Å². The Hall–Kier alpha value is -1.50. The monoisotopic (exact) mass is 199 g/mol. The molecular weight excluding hydrogens is 182 g/mol. The van der Waals surface area contributed by atoms with Gasteiger partial charge in [0.15, 0.2) is 0 Å². The number of rotatable bonds is 2. The van der Waals surface area contributed by atoms with Crippen molar-refractivity contribution in [2.45, 2.75) is 27.2 Å². The number of hydrogen-bond acceptors (Lipinski definition) is 0. The van der Waals surface area contributed by atoms with E-state index in [0.29, 0.717) is 0 Å². The first-order valence-electron chi connectivity index (χ1n) is 5.47. The van der Waals surface area contributed by atoms with Gasteiger partial charge in [-0.15, -0.1) is 0 Å². The maximum atomic E-state index is 3.43. The minimum atomic E-state index is 1.08. The van der Waals surface area contributed by atoms with E-state index < -0.39 is 0 Å². The van der Waals surface area contributed by atoms with Crippen molar-refractivity contribution in [2.24, 2.45) is 0 Å². The zero-order chi connectivity index (χ0) is 10.8. The molecule has 15 heavy (non-hydrogen) atoms. The number of aromatic amines is 1. The summed E-state index contributed by atoms with van der Waals surface area (Å²) in [5.74, 6) is 0. The van der Waals surface area contributed by atoms with Gasteiger partial charge in [0, 0.05) is 17.0 Å². The molecule has 0 atom stereocenters. The maximum absolute atomic E-state index is 3.43. The molecule has 0 unspecified atom stereocenters. The van der Waals surface area contributed by atoms with E-state index in [9.17, 15) is 0 Å². The lowest BCUT2D eigenvalue weighted by Crippen LogP contribution is -1.85. The summed E-state index contributed by atoms with van der Waals surface area (Å²) in [6, 6.07) is 10.6. The highest BCUT2D eigenvalue weighted by Crippen LogP contribution is 2.29. The summed E-state index contributed by atoms with van der Waals surface area (Å²) in [6.07, 6.45) is 1.08. The Morgan fingerprint density at radius 3 is 2.27 bits per heavy atom. The fourth-order valence-corrected chi connectivity index (χ4v) is 2.27. The molecule has 1 aromatic heterocycles. The van der Waals surface area contributed by atoms with Crippen molar-refractivity contribution in [1.82, 2.24) is 4.98 Å². The Morgan fingerprint density at radius 1 is 1.00 bits per heavy atom. The lowest BCUT2D eigenvalue weighted by molar-refractivity contribution is 1.09. The Morgan fingerprint density at radius 2 is 1.67 bits per heavy atom. The predicted octanol–water partition coefficient (Wildman–Crippen LogP) is 3.86. The van der Waals surface area contributed by atoms with Crippen molar-refractivity contribution in [2.75, 3.05) is 0 Å². The van der Waals surface area contributed by atoms with Crippen LogP contribution in [0.2, 0.25) is 0 Å². The second kappa shape index (κ2) is 3.93. The van der Waals surface area contributed by atoms with Gasteiger partial charge in [-0.3, -0.25) is 0 Å². The Balaban J connectivity index is 2.62. The van der Waals surface area contributed by atoms with E-state index in [0.717, 1.165) is 6.42 Å². The molecule has 0 spiro atoms. The molecule has 1 N–H and O–H groups in total. The largest absolute Gasteiger partial charge is 0.362 e. The molecular formula is C14H17N. The fourth-order valence-electron chi connectivity index (χ4n) is 2.27. The maximum Gasteiger partial charge on any atom is 0.0200 e. The molecule has 2 aromatic rings. The minimum absolute atomic E-state index is 1.08. The standard InChI is InChI=1S/C14H17N/c1-4-13-10(2)15-11(3)14(13)12-8-6-5-7-9-12/h5-9,15H,4H2,1-3H3. The Bertz CT molecular complexity index is 452. The normalized spacial score (nSPS) is 10.6. The van der Waals surface area contributed by atoms with Gasteiger partial charge in [0.1, 0.15) is 0 Å². The van der Waals surface area contributed by atoms with Gasteiger partial charge in [0.05, 0.1) is 0 Å². The van der Waals surface area contributed by atoms with Crippen molar-refractivity contribution in [3.63, 3.8) is 0 Å². The van der Waals surface area contributed by atoms with Crippen molar-refractivity contribution in [1.29, 1.82) is 0 Å². The number of nitrogens with one attached hydrogen (secondary N) is 1. The van der Waals surface area contributed by atoms with Gasteiger partial charge >= 0.3 is 0 Å². The number of hydrogen-bond donors (Lipinski definition) is 1. The van der Waals surface area contributed by atoms with Gasteiger partial charge in [0.2, 0.25) is 0 Å². The molecule has 0 saturated heterocycles. The molecule has 1 heteroatoms. The van der Waals surface area contributed by atoms with Crippen LogP contribution in [0.25, 0.3) is 11.1 Å². The molecule has 0 aliphatic heterocycles. The number of aromatic nitrogens is 1. The van der Waals surface area contributed by atoms with Gasteiger partial charge in [-0.2, -0.15) is 0 Å². The number of benzene rings is 1. The van der Waals surface area contributed by atoms with Gasteiger partial charge in [-0.25, -0.2) is 0 Å². The molecule has 1 nitrogen and oxygen atoms in total. The predicted molar refractivity (Wildman–Crippen MR) is 65.1 cm³/mol. The number of aryl methyl sites for hydroxylation is 2. The van der Waals surface area contributed by atoms with E-state index in [4.69, 9.17) is 0 Å². The van der Waals surface area contributed by atoms with Crippen LogP contribution in [0, 0.1) is 13.8 Å². The molecule has 0 bridgehead atoms. The molecule has 1 heterocycles. The second-order valence-corrected chi connectivity index (χ2v) is 3.95. The van der Waals surface area contributed by atoms with E-state index >= 15 is 0 Å². The van der Waals surface area contributed by atoms with Gasteiger partial charge in [-0.05, 0) is 31.4 Å². The average Bonchev–Trinajstić information content (AvgIpc) is 2.54. The molecule has 0 radical (unpaired) electrons. The third-order valence-corrected chi connectivity index (χ3v) is 2.92. The van der Waals surface area contributed by atoms with Crippen LogP contribution in [0.4, 0.5) is 0 Å². The highest BCUT2D eigenvalue weighted by molar-refractivity contribution is 5.71. The van der Waals surface area contributed by atoms with Crippen LogP contribution in [0.15, 0.2) is 30.3 Å². The summed E-state index contributed by atoms with van der Waals surface area (Å²) in [5.41, 5.74) is 6.72. The van der Waals surface area contributed by atoms with Crippen molar-refractivity contribution in [3.8, 4) is 11.1 Å². The molecule has 1 aromatic carbocycles. The zero-order valence-electron chi connectivity index (χ0n) is 9.59. The average molecular weight is 199 g/mol. The van der Waals surface area contributed by atoms with E-state index in [-0.39, 0.29) is 0 Å². The van der Waals surface area contributed by atoms with E-state index in [1.165, 1.54) is 28.1 Å². The van der Waals surface area contributed by atoms with Crippen LogP contribution >= 0.6 is 0 Å². The first kappa shape index (κ1) is 10.0. The first-order valence-corrected chi connectivity index (χ1v) is 5.47. The summed E-state index contributed by atoms with van der Waals surface area (Å²) in [4.78, 5) is 3.43. The lowest BCUT2D eigenvalue weighted by atomic mass is 9.99. The van der Waals surface area contributed by atoms with E-state index in [2.05, 4.69) is 56.1 Å². The van der Waals surface area contributed by atoms with Gasteiger partial charge < -0.3 is 4.98 Å². The summed E-state index contributed by atoms with van der Waals surface area (Å²) < 4.78 is 0. The summed E-state index contributed by atoms with van der Waals surface area (Å²) >= 11 is 0. The van der Waals surface area contributed by atoms with Crippen LogP contribution in [0.5, 0.6) is 0 Å². The summed E-state index contributed by atoms with van der Waals surface area (Å²) in [5, 5.41) is 0. The van der Waals surface area contributed by atoms with Crippen LogP contribution in [-0.4, -0.2) is 4.98 Å². The van der Waals surface area contributed by atoms with Crippen LogP contribution in [-0.2, 0) is 6.42 Å². The topological polar surface area (TPSA) is 15.8 Å². The van der Waals surface area contributed by atoms with Crippen molar-refractivity contribution < 1.29 is 0 Å². The SMILES string of the molecule is CCc1c(C)[nH]c(C)c1-c1ccccc1. The second-order valence-electron chi connectivity index (χ2n) is 3.95.